The summed E-state index contributed by atoms with van der Waals surface area (Å²) < 4.78 is 0. The smallest absolute Gasteiger partial charge is 0.0125 e. The monoisotopic (exact) mass is 143 g/mol. The zero-order valence-electron chi connectivity index (χ0n) is 7.61. The zero-order chi connectivity index (χ0) is 8.04. The van der Waals surface area contributed by atoms with Crippen LogP contribution in [-0.2, 0) is 0 Å². The summed E-state index contributed by atoms with van der Waals surface area (Å²) in [7, 11) is 0. The van der Waals surface area contributed by atoms with Gasteiger partial charge >= 0.3 is 0 Å². The molecule has 0 fully saturated rings. The van der Waals surface area contributed by atoms with E-state index in [1.165, 1.54) is 25.7 Å². The maximum atomic E-state index is 6.01. The molecular weight excluding hydrogens is 122 g/mol. The molecule has 0 aromatic carbocycles. The molecule has 0 amide bonds. The number of rotatable bonds is 5. The SMILES string of the molecule is CCCC[C@](C)(N)CCC. The number of hydrogen-bond donors (Lipinski definition) is 1. The zero-order valence-corrected chi connectivity index (χ0v) is 7.61. The maximum absolute atomic E-state index is 6.01. The average molecular weight is 143 g/mol. The van der Waals surface area contributed by atoms with Crippen molar-refractivity contribution in [3.63, 3.8) is 0 Å². The molecule has 0 aromatic rings. The van der Waals surface area contributed by atoms with E-state index in [0.29, 0.717) is 0 Å². The highest BCUT2D eigenvalue weighted by molar-refractivity contribution is 4.76. The fourth-order valence-corrected chi connectivity index (χ4v) is 1.28. The molecule has 0 bridgehead atoms. The molecule has 0 spiro atoms. The van der Waals surface area contributed by atoms with E-state index < -0.39 is 0 Å². The van der Waals surface area contributed by atoms with Crippen LogP contribution in [-0.4, -0.2) is 5.54 Å². The Labute approximate surface area is 65.0 Å². The van der Waals surface area contributed by atoms with Gasteiger partial charge in [0.25, 0.3) is 0 Å². The van der Waals surface area contributed by atoms with E-state index in [-0.39, 0.29) is 5.54 Å². The minimum Gasteiger partial charge on any atom is -0.325 e. The molecule has 0 saturated carbocycles. The Morgan fingerprint density at radius 1 is 1.10 bits per heavy atom. The predicted molar refractivity (Wildman–Crippen MR) is 47.0 cm³/mol. The minimum atomic E-state index is 0.102. The van der Waals surface area contributed by atoms with Crippen LogP contribution in [0.4, 0.5) is 0 Å². The highest BCUT2D eigenvalue weighted by atomic mass is 14.7. The molecule has 0 saturated heterocycles. The Morgan fingerprint density at radius 2 is 1.70 bits per heavy atom. The lowest BCUT2D eigenvalue weighted by molar-refractivity contribution is 0.384. The lowest BCUT2D eigenvalue weighted by Gasteiger charge is -2.23. The first-order valence-electron chi connectivity index (χ1n) is 4.41. The summed E-state index contributed by atoms with van der Waals surface area (Å²) in [5.41, 5.74) is 6.12. The fourth-order valence-electron chi connectivity index (χ4n) is 1.28. The molecule has 2 N–H and O–H groups in total. The van der Waals surface area contributed by atoms with E-state index in [2.05, 4.69) is 20.8 Å². The van der Waals surface area contributed by atoms with Gasteiger partial charge in [-0.3, -0.25) is 0 Å². The van der Waals surface area contributed by atoms with Gasteiger partial charge in [-0.2, -0.15) is 0 Å². The molecule has 0 aliphatic heterocycles. The van der Waals surface area contributed by atoms with Gasteiger partial charge in [0.2, 0.25) is 0 Å². The Kier molecular flexibility index (Phi) is 4.71. The molecule has 62 valence electrons. The van der Waals surface area contributed by atoms with Gasteiger partial charge in [0.05, 0.1) is 0 Å². The third-order valence-corrected chi connectivity index (χ3v) is 1.92. The van der Waals surface area contributed by atoms with Crippen LogP contribution in [0.2, 0.25) is 0 Å². The van der Waals surface area contributed by atoms with E-state index in [1.54, 1.807) is 0 Å². The molecule has 1 atom stereocenters. The van der Waals surface area contributed by atoms with Gasteiger partial charge in [0.15, 0.2) is 0 Å². The summed E-state index contributed by atoms with van der Waals surface area (Å²) in [6, 6.07) is 0. The quantitative estimate of drug-likeness (QED) is 0.629. The Balaban J connectivity index is 3.42. The molecule has 1 heteroatoms. The first-order valence-corrected chi connectivity index (χ1v) is 4.41. The van der Waals surface area contributed by atoms with Crippen LogP contribution < -0.4 is 5.73 Å². The topological polar surface area (TPSA) is 26.0 Å². The summed E-state index contributed by atoms with van der Waals surface area (Å²) in [5.74, 6) is 0. The van der Waals surface area contributed by atoms with Gasteiger partial charge in [0.1, 0.15) is 0 Å². The van der Waals surface area contributed by atoms with Crippen molar-refractivity contribution in [2.75, 3.05) is 0 Å². The van der Waals surface area contributed by atoms with Crippen molar-refractivity contribution < 1.29 is 0 Å². The summed E-state index contributed by atoms with van der Waals surface area (Å²) in [4.78, 5) is 0. The van der Waals surface area contributed by atoms with E-state index in [9.17, 15) is 0 Å². The number of unbranched alkanes of at least 4 members (excludes halogenated alkanes) is 1. The predicted octanol–water partition coefficient (Wildman–Crippen LogP) is 2.69. The number of nitrogens with two attached hydrogens (primary N) is 1. The maximum Gasteiger partial charge on any atom is 0.0125 e. The van der Waals surface area contributed by atoms with Crippen molar-refractivity contribution in [2.45, 2.75) is 58.4 Å². The standard InChI is InChI=1S/C9H21N/c1-4-6-8-9(3,10)7-5-2/h4-8,10H2,1-3H3/t9-/m1/s1. The Morgan fingerprint density at radius 3 is 2.10 bits per heavy atom. The summed E-state index contributed by atoms with van der Waals surface area (Å²) in [6.45, 7) is 6.56. The lowest BCUT2D eigenvalue weighted by atomic mass is 9.91. The second kappa shape index (κ2) is 4.73. The molecule has 10 heavy (non-hydrogen) atoms. The van der Waals surface area contributed by atoms with Crippen LogP contribution in [0.1, 0.15) is 52.9 Å². The normalized spacial score (nSPS) is 16.8. The van der Waals surface area contributed by atoms with E-state index >= 15 is 0 Å². The minimum absolute atomic E-state index is 0.102. The van der Waals surface area contributed by atoms with Gasteiger partial charge in [-0.05, 0) is 19.8 Å². The second-order valence-electron chi connectivity index (χ2n) is 3.51. The summed E-state index contributed by atoms with van der Waals surface area (Å²) in [5, 5.41) is 0. The molecule has 0 aliphatic rings. The molecule has 0 aromatic heterocycles. The van der Waals surface area contributed by atoms with Gasteiger partial charge < -0.3 is 5.73 Å². The highest BCUT2D eigenvalue weighted by Gasteiger charge is 2.15. The van der Waals surface area contributed by atoms with E-state index in [0.717, 1.165) is 6.42 Å². The van der Waals surface area contributed by atoms with Crippen molar-refractivity contribution in [3.05, 3.63) is 0 Å². The van der Waals surface area contributed by atoms with Gasteiger partial charge in [-0.15, -0.1) is 0 Å². The van der Waals surface area contributed by atoms with Crippen LogP contribution in [0.15, 0.2) is 0 Å². The molecule has 0 aliphatic carbocycles. The van der Waals surface area contributed by atoms with E-state index in [1.807, 2.05) is 0 Å². The Hall–Kier alpha value is -0.0400. The first-order chi connectivity index (χ1) is 4.62. The first kappa shape index (κ1) is 9.96. The molecule has 0 heterocycles. The van der Waals surface area contributed by atoms with Crippen molar-refractivity contribution in [3.8, 4) is 0 Å². The lowest BCUT2D eigenvalue weighted by Crippen LogP contribution is -2.35. The molecular formula is C9H21N. The largest absolute Gasteiger partial charge is 0.325 e. The van der Waals surface area contributed by atoms with Crippen LogP contribution in [0, 0.1) is 0 Å². The Bertz CT molecular complexity index is 76.8. The molecule has 0 rings (SSSR count). The third-order valence-electron chi connectivity index (χ3n) is 1.92. The van der Waals surface area contributed by atoms with Gasteiger partial charge in [-0.25, -0.2) is 0 Å². The molecule has 0 unspecified atom stereocenters. The van der Waals surface area contributed by atoms with Crippen LogP contribution in [0.3, 0.4) is 0 Å². The number of hydrogen-bond acceptors (Lipinski definition) is 1. The van der Waals surface area contributed by atoms with Crippen LogP contribution in [0.5, 0.6) is 0 Å². The van der Waals surface area contributed by atoms with Crippen molar-refractivity contribution in [1.29, 1.82) is 0 Å². The summed E-state index contributed by atoms with van der Waals surface area (Å²) in [6.07, 6.45) is 6.07. The summed E-state index contributed by atoms with van der Waals surface area (Å²) >= 11 is 0. The van der Waals surface area contributed by atoms with E-state index in [4.69, 9.17) is 5.73 Å². The second-order valence-corrected chi connectivity index (χ2v) is 3.51. The average Bonchev–Trinajstić information content (AvgIpc) is 1.84. The highest BCUT2D eigenvalue weighted by Crippen LogP contribution is 2.15. The van der Waals surface area contributed by atoms with Crippen molar-refractivity contribution in [2.24, 2.45) is 5.73 Å². The van der Waals surface area contributed by atoms with Gasteiger partial charge in [-0.1, -0.05) is 33.1 Å². The van der Waals surface area contributed by atoms with Crippen molar-refractivity contribution in [1.82, 2.24) is 0 Å². The van der Waals surface area contributed by atoms with Gasteiger partial charge in [0, 0.05) is 5.54 Å². The van der Waals surface area contributed by atoms with Crippen molar-refractivity contribution >= 4 is 0 Å². The third kappa shape index (κ3) is 4.80. The van der Waals surface area contributed by atoms with Crippen LogP contribution in [0.25, 0.3) is 0 Å². The van der Waals surface area contributed by atoms with Crippen LogP contribution >= 0.6 is 0 Å². The molecule has 1 nitrogen and oxygen atoms in total. The molecule has 0 radical (unpaired) electrons. The fraction of sp³-hybridized carbons (Fsp3) is 1.00.